The summed E-state index contributed by atoms with van der Waals surface area (Å²) in [4.78, 5) is 25.4. The second kappa shape index (κ2) is 6.94. The van der Waals surface area contributed by atoms with E-state index in [-0.39, 0.29) is 12.3 Å². The number of nitrogens with zero attached hydrogens (tertiary/aromatic N) is 3. The Morgan fingerprint density at radius 3 is 2.80 bits per heavy atom. The van der Waals surface area contributed by atoms with Gasteiger partial charge in [-0.2, -0.15) is 0 Å². The van der Waals surface area contributed by atoms with Crippen molar-refractivity contribution in [3.63, 3.8) is 0 Å². The quantitative estimate of drug-likeness (QED) is 0.519. The topological polar surface area (TPSA) is 102 Å². The van der Waals surface area contributed by atoms with Crippen molar-refractivity contribution in [3.05, 3.63) is 36.7 Å². The van der Waals surface area contributed by atoms with Crippen LogP contribution in [0.2, 0.25) is 0 Å². The van der Waals surface area contributed by atoms with Crippen LogP contribution in [0.5, 0.6) is 5.75 Å². The highest BCUT2D eigenvalue weighted by Crippen LogP contribution is 2.36. The van der Waals surface area contributed by atoms with Gasteiger partial charge < -0.3 is 19.8 Å². The van der Waals surface area contributed by atoms with Gasteiger partial charge in [-0.3, -0.25) is 4.79 Å². The van der Waals surface area contributed by atoms with E-state index in [1.54, 1.807) is 50.8 Å². The van der Waals surface area contributed by atoms with Gasteiger partial charge in [-0.25, -0.2) is 19.3 Å². The van der Waals surface area contributed by atoms with Gasteiger partial charge in [0.1, 0.15) is 29.1 Å². The van der Waals surface area contributed by atoms with E-state index >= 15 is 0 Å². The molecule has 1 aliphatic rings. The van der Waals surface area contributed by atoms with E-state index in [1.807, 2.05) is 0 Å². The number of nitrogens with one attached hydrogen (secondary N) is 2. The number of pyridine rings is 2. The van der Waals surface area contributed by atoms with Crippen molar-refractivity contribution in [1.29, 1.82) is 0 Å². The number of carbonyl (C=O) groups is 1. The first-order valence-electron chi connectivity index (χ1n) is 9.44. The van der Waals surface area contributed by atoms with Crippen LogP contribution in [0.4, 0.5) is 16.0 Å². The molecule has 2 N–H and O–H groups in total. The van der Waals surface area contributed by atoms with Crippen molar-refractivity contribution in [3.8, 4) is 17.2 Å². The van der Waals surface area contributed by atoms with E-state index in [0.717, 1.165) is 10.8 Å². The zero-order valence-corrected chi connectivity index (χ0v) is 16.3. The summed E-state index contributed by atoms with van der Waals surface area (Å²) in [5.74, 6) is 1.05. The number of aromatic nitrogens is 3. The van der Waals surface area contributed by atoms with Gasteiger partial charge in [-0.1, -0.05) is 0 Å². The lowest BCUT2D eigenvalue weighted by Gasteiger charge is -2.10. The molecule has 2 atom stereocenters. The van der Waals surface area contributed by atoms with Crippen molar-refractivity contribution < 1.29 is 18.3 Å². The number of hydrogen-bond donors (Lipinski definition) is 2. The molecule has 4 aromatic rings. The molecule has 3 aromatic heterocycles. The molecule has 0 saturated heterocycles. The Morgan fingerprint density at radius 1 is 1.23 bits per heavy atom. The number of hydrogen-bond acceptors (Lipinski definition) is 7. The second-order valence-corrected chi connectivity index (χ2v) is 7.09. The Balaban J connectivity index is 1.61. The van der Waals surface area contributed by atoms with Crippen molar-refractivity contribution in [1.82, 2.24) is 15.0 Å². The Labute approximate surface area is 170 Å². The van der Waals surface area contributed by atoms with Crippen LogP contribution < -0.4 is 15.4 Å². The summed E-state index contributed by atoms with van der Waals surface area (Å²) in [6.45, 7) is 0. The Hall–Kier alpha value is -3.75. The maximum Gasteiger partial charge on any atom is 0.231 e. The molecule has 1 fully saturated rings. The van der Waals surface area contributed by atoms with Crippen LogP contribution in [0.25, 0.3) is 33.3 Å². The molecule has 5 rings (SSSR count). The maximum absolute atomic E-state index is 13.2. The number of methoxy groups -OCH3 is 1. The lowest BCUT2D eigenvalue weighted by atomic mass is 10.1. The van der Waals surface area contributed by atoms with E-state index in [9.17, 15) is 9.18 Å². The molecule has 152 valence electrons. The average Bonchev–Trinajstić information content (AvgIpc) is 3.35. The van der Waals surface area contributed by atoms with Gasteiger partial charge in [0, 0.05) is 36.3 Å². The van der Waals surface area contributed by atoms with Crippen molar-refractivity contribution in [2.75, 3.05) is 24.8 Å². The van der Waals surface area contributed by atoms with Crippen LogP contribution in [-0.2, 0) is 4.79 Å². The summed E-state index contributed by atoms with van der Waals surface area (Å²) in [5, 5.41) is 7.19. The summed E-state index contributed by atoms with van der Waals surface area (Å²) in [5.41, 5.74) is 1.91. The monoisotopic (exact) mass is 407 g/mol. The average molecular weight is 407 g/mol. The van der Waals surface area contributed by atoms with Gasteiger partial charge in [0.15, 0.2) is 5.58 Å². The molecule has 30 heavy (non-hydrogen) atoms. The minimum Gasteiger partial charge on any atom is -0.497 e. The molecule has 0 radical (unpaired) electrons. The van der Waals surface area contributed by atoms with Crippen LogP contribution in [0.15, 0.2) is 41.1 Å². The SMILES string of the molecule is CNc1ncc(-c2nc3cc(OC)ccc3o2)c2cc(NC(=O)[C@@H]3C[C@@H]3F)ncc12. The van der Waals surface area contributed by atoms with Gasteiger partial charge in [-0.05, 0) is 24.6 Å². The Kier molecular flexibility index (Phi) is 4.23. The first-order chi connectivity index (χ1) is 14.6. The number of anilines is 2. The minimum atomic E-state index is -1.07. The Bertz CT molecular complexity index is 1290. The smallest absolute Gasteiger partial charge is 0.231 e. The molecule has 1 saturated carbocycles. The standard InChI is InChI=1S/C21H18FN5O3/c1-23-19-13-8-24-18(27-20(28)12-6-15(12)22)7-11(13)14(9-25-19)21-26-16-5-10(29-2)3-4-17(16)30-21/h3-5,7-9,12,15H,6H2,1-2H3,(H,23,25)(H,24,27,28)/t12-,15+/m1/s1. The van der Waals surface area contributed by atoms with Gasteiger partial charge in [0.05, 0.1) is 18.6 Å². The molecular weight excluding hydrogens is 389 g/mol. The van der Waals surface area contributed by atoms with Crippen molar-refractivity contribution in [2.45, 2.75) is 12.6 Å². The third-order valence-electron chi connectivity index (χ3n) is 5.13. The second-order valence-electron chi connectivity index (χ2n) is 7.09. The third-order valence-corrected chi connectivity index (χ3v) is 5.13. The fourth-order valence-corrected chi connectivity index (χ4v) is 3.38. The molecule has 8 nitrogen and oxygen atoms in total. The number of oxazole rings is 1. The van der Waals surface area contributed by atoms with E-state index in [4.69, 9.17) is 9.15 Å². The molecule has 0 bridgehead atoms. The van der Waals surface area contributed by atoms with Crippen LogP contribution in [0, 0.1) is 5.92 Å². The highest BCUT2D eigenvalue weighted by atomic mass is 19.1. The maximum atomic E-state index is 13.2. The van der Waals surface area contributed by atoms with Gasteiger partial charge in [0.2, 0.25) is 11.8 Å². The first-order valence-corrected chi connectivity index (χ1v) is 9.44. The number of rotatable bonds is 5. The van der Waals surface area contributed by atoms with Crippen molar-refractivity contribution in [2.24, 2.45) is 5.92 Å². The molecule has 1 aliphatic carbocycles. The lowest BCUT2D eigenvalue weighted by molar-refractivity contribution is -0.117. The Morgan fingerprint density at radius 2 is 2.07 bits per heavy atom. The molecule has 3 heterocycles. The van der Waals surface area contributed by atoms with Crippen LogP contribution >= 0.6 is 0 Å². The highest BCUT2D eigenvalue weighted by Gasteiger charge is 2.43. The number of ether oxygens (including phenoxy) is 1. The number of amides is 1. The molecule has 1 amide bonds. The normalized spacial score (nSPS) is 17.8. The predicted molar refractivity (Wildman–Crippen MR) is 110 cm³/mol. The summed E-state index contributed by atoms with van der Waals surface area (Å²) in [7, 11) is 3.35. The third kappa shape index (κ3) is 3.08. The predicted octanol–water partition coefficient (Wildman–Crippen LogP) is 3.78. The fourth-order valence-electron chi connectivity index (χ4n) is 3.38. The van der Waals surface area contributed by atoms with Gasteiger partial charge in [-0.15, -0.1) is 0 Å². The zero-order valence-electron chi connectivity index (χ0n) is 16.3. The number of benzene rings is 1. The lowest BCUT2D eigenvalue weighted by Crippen LogP contribution is -2.15. The number of fused-ring (bicyclic) bond motifs is 2. The van der Waals surface area contributed by atoms with E-state index < -0.39 is 12.1 Å². The van der Waals surface area contributed by atoms with Crippen LogP contribution in [0.1, 0.15) is 6.42 Å². The molecular formula is C21H18FN5O3. The molecule has 1 aromatic carbocycles. The zero-order chi connectivity index (χ0) is 20.8. The van der Waals surface area contributed by atoms with Crippen LogP contribution in [0.3, 0.4) is 0 Å². The number of carbonyl (C=O) groups excluding carboxylic acids is 1. The van der Waals surface area contributed by atoms with E-state index in [1.165, 1.54) is 0 Å². The largest absolute Gasteiger partial charge is 0.497 e. The number of halogens is 1. The fraction of sp³-hybridized carbons (Fsp3) is 0.238. The van der Waals surface area contributed by atoms with Gasteiger partial charge in [0.25, 0.3) is 0 Å². The molecule has 9 heteroatoms. The molecule has 0 unspecified atom stereocenters. The minimum absolute atomic E-state index is 0.255. The van der Waals surface area contributed by atoms with E-state index in [0.29, 0.717) is 39.9 Å². The summed E-state index contributed by atoms with van der Waals surface area (Å²) in [6.07, 6.45) is 2.45. The summed E-state index contributed by atoms with van der Waals surface area (Å²) < 4.78 is 24.4. The van der Waals surface area contributed by atoms with Gasteiger partial charge >= 0.3 is 0 Å². The van der Waals surface area contributed by atoms with Crippen molar-refractivity contribution >= 4 is 39.4 Å². The summed E-state index contributed by atoms with van der Waals surface area (Å²) in [6, 6.07) is 7.09. The number of alkyl halides is 1. The summed E-state index contributed by atoms with van der Waals surface area (Å²) >= 11 is 0. The first kappa shape index (κ1) is 18.3. The van der Waals surface area contributed by atoms with Crippen LogP contribution in [-0.4, -0.2) is 41.2 Å². The molecule has 0 aliphatic heterocycles. The van der Waals surface area contributed by atoms with E-state index in [2.05, 4.69) is 25.6 Å². The highest BCUT2D eigenvalue weighted by molar-refractivity contribution is 6.03. The molecule has 0 spiro atoms.